The van der Waals surface area contributed by atoms with Gasteiger partial charge in [0.05, 0.1) is 22.2 Å². The minimum absolute atomic E-state index is 0.259. The number of halogens is 10. The lowest BCUT2D eigenvalue weighted by Crippen LogP contribution is -2.22. The fourth-order valence-corrected chi connectivity index (χ4v) is 5.57. The van der Waals surface area contributed by atoms with Gasteiger partial charge in [0.2, 0.25) is 5.91 Å². The highest BCUT2D eigenvalue weighted by Gasteiger charge is 2.67. The molecule has 6 nitrogen and oxygen atoms in total. The van der Waals surface area contributed by atoms with Gasteiger partial charge in [-0.05, 0) is 48.0 Å². The van der Waals surface area contributed by atoms with Gasteiger partial charge in [0.1, 0.15) is 21.7 Å². The van der Waals surface area contributed by atoms with Crippen molar-refractivity contribution >= 4 is 92.8 Å². The normalized spacial score (nSPS) is 17.2. The van der Waals surface area contributed by atoms with E-state index in [0.29, 0.717) is 11.6 Å². The summed E-state index contributed by atoms with van der Waals surface area (Å²) in [6.07, 6.45) is -3.58. The first-order valence-corrected chi connectivity index (χ1v) is 13.0. The Morgan fingerprint density at radius 3 is 2.07 bits per heavy atom. The average Bonchev–Trinajstić information content (AvgIpc) is 3.46. The van der Waals surface area contributed by atoms with E-state index in [1.165, 1.54) is 23.5 Å². The maximum atomic E-state index is 14.7. The predicted molar refractivity (Wildman–Crippen MR) is 146 cm³/mol. The Bertz CT molecular complexity index is 1570. The largest absolute Gasteiger partial charge is 0.326 e. The zero-order valence-corrected chi connectivity index (χ0v) is 23.6. The van der Waals surface area contributed by atoms with Crippen LogP contribution < -0.4 is 16.0 Å². The number of amides is 3. The summed E-state index contributed by atoms with van der Waals surface area (Å²) in [6.45, 7) is 0. The molecule has 0 unspecified atom stereocenters. The summed E-state index contributed by atoms with van der Waals surface area (Å²) >= 11 is 30.6. The molecule has 3 amide bonds. The van der Waals surface area contributed by atoms with Crippen LogP contribution in [0.4, 0.5) is 39.0 Å². The van der Waals surface area contributed by atoms with Gasteiger partial charge in [0.25, 0.3) is 11.8 Å². The van der Waals surface area contributed by atoms with Crippen molar-refractivity contribution in [3.8, 4) is 0 Å². The van der Waals surface area contributed by atoms with E-state index in [1.54, 1.807) is 0 Å². The fraction of sp³-hybridized carbons (Fsp3) is 0.160. The molecule has 3 N–H and O–H groups in total. The molecule has 216 valence electrons. The van der Waals surface area contributed by atoms with E-state index in [4.69, 9.17) is 58.0 Å². The van der Waals surface area contributed by atoms with Gasteiger partial charge in [-0.25, -0.2) is 13.2 Å². The maximum Gasteiger partial charge on any atom is 0.315 e. The second-order valence-electron chi connectivity index (χ2n) is 8.67. The quantitative estimate of drug-likeness (QED) is 0.175. The van der Waals surface area contributed by atoms with Crippen LogP contribution in [0.5, 0.6) is 0 Å². The molecule has 4 rings (SSSR count). The third kappa shape index (κ3) is 6.49. The van der Waals surface area contributed by atoms with Gasteiger partial charge in [0.15, 0.2) is 5.82 Å². The monoisotopic (exact) mass is 673 g/mol. The van der Waals surface area contributed by atoms with Gasteiger partial charge in [-0.3, -0.25) is 14.4 Å². The van der Waals surface area contributed by atoms with E-state index in [9.17, 15) is 36.3 Å². The van der Waals surface area contributed by atoms with Gasteiger partial charge in [0, 0.05) is 21.7 Å². The molecule has 3 aromatic rings. The molecule has 0 bridgehead atoms. The Morgan fingerprint density at radius 2 is 1.46 bits per heavy atom. The van der Waals surface area contributed by atoms with Gasteiger partial charge in [-0.15, -0.1) is 23.2 Å². The van der Waals surface area contributed by atoms with Gasteiger partial charge < -0.3 is 16.0 Å². The third-order valence-electron chi connectivity index (χ3n) is 5.91. The van der Waals surface area contributed by atoms with Crippen LogP contribution in [0.3, 0.4) is 0 Å². The van der Waals surface area contributed by atoms with E-state index in [2.05, 4.69) is 5.32 Å². The molecule has 1 fully saturated rings. The first-order valence-electron chi connectivity index (χ1n) is 11.1. The van der Waals surface area contributed by atoms with Crippen LogP contribution in [-0.2, 0) is 9.59 Å². The summed E-state index contributed by atoms with van der Waals surface area (Å²) in [7, 11) is 0. The van der Waals surface area contributed by atoms with Crippen molar-refractivity contribution in [2.45, 2.75) is 16.7 Å². The van der Waals surface area contributed by atoms with Gasteiger partial charge >= 0.3 is 6.43 Å². The van der Waals surface area contributed by atoms with E-state index < -0.39 is 79.7 Å². The zero-order valence-electron chi connectivity index (χ0n) is 19.8. The lowest BCUT2D eigenvalue weighted by Gasteiger charge is -2.14. The first-order chi connectivity index (χ1) is 19.1. The summed E-state index contributed by atoms with van der Waals surface area (Å²) in [6, 6.07) is 7.58. The number of carbonyl (C=O) groups is 3. The molecule has 1 saturated carbocycles. The van der Waals surface area contributed by atoms with E-state index in [0.717, 1.165) is 18.2 Å². The number of rotatable bonds is 7. The summed E-state index contributed by atoms with van der Waals surface area (Å²) in [5, 5.41) is 5.56. The molecular formula is C25H13Cl5F5N3O3. The Morgan fingerprint density at radius 1 is 0.829 bits per heavy atom. The second-order valence-corrected chi connectivity index (χ2v) is 11.4. The summed E-state index contributed by atoms with van der Waals surface area (Å²) in [5.41, 5.74) is -2.40. The first kappa shape index (κ1) is 31.1. The lowest BCUT2D eigenvalue weighted by molar-refractivity contribution is -0.126. The maximum absolute atomic E-state index is 14.7. The van der Waals surface area contributed by atoms with Gasteiger partial charge in [-0.2, -0.15) is 8.78 Å². The molecule has 3 aromatic carbocycles. The highest BCUT2D eigenvalue weighted by atomic mass is 35.5. The number of hydrogen-bond acceptors (Lipinski definition) is 3. The van der Waals surface area contributed by atoms with Crippen molar-refractivity contribution in [1.82, 2.24) is 0 Å². The predicted octanol–water partition coefficient (Wildman–Crippen LogP) is 8.05. The second kappa shape index (κ2) is 11.8. The highest BCUT2D eigenvalue weighted by Crippen LogP contribution is 2.65. The number of anilines is 3. The van der Waals surface area contributed by atoms with E-state index >= 15 is 0 Å². The lowest BCUT2D eigenvalue weighted by atomic mass is 10.1. The van der Waals surface area contributed by atoms with Crippen LogP contribution in [0.25, 0.3) is 0 Å². The number of hydrogen-bond donors (Lipinski definition) is 3. The summed E-state index contributed by atoms with van der Waals surface area (Å²) in [4.78, 5) is 37.0. The third-order valence-corrected chi connectivity index (χ3v) is 7.67. The van der Waals surface area contributed by atoms with Crippen LogP contribution in [0, 0.1) is 23.4 Å². The highest BCUT2D eigenvalue weighted by molar-refractivity contribution is 6.53. The average molecular weight is 676 g/mol. The van der Waals surface area contributed by atoms with Crippen molar-refractivity contribution < 1.29 is 36.3 Å². The Hall–Kier alpha value is -2.83. The molecule has 16 heteroatoms. The molecule has 1 aliphatic carbocycles. The van der Waals surface area contributed by atoms with Crippen LogP contribution in [0.1, 0.15) is 21.8 Å². The van der Waals surface area contributed by atoms with Crippen molar-refractivity contribution in [1.29, 1.82) is 0 Å². The van der Waals surface area contributed by atoms with E-state index in [1.807, 2.05) is 5.32 Å². The van der Waals surface area contributed by atoms with E-state index in [-0.39, 0.29) is 15.7 Å². The Kier molecular flexibility index (Phi) is 8.96. The molecule has 0 aromatic heterocycles. The van der Waals surface area contributed by atoms with Gasteiger partial charge in [-0.1, -0.05) is 34.8 Å². The SMILES string of the molecule is O=C(Nc1ccc(F)c(NC(=O)C(F)F)c1F)c1cc(NC(=O)[C@H]2[C@H](c3cc(Cl)cc(Cl)c3)C2(Cl)Cl)cc(F)c1Cl. The van der Waals surface area contributed by atoms with Crippen molar-refractivity contribution in [2.24, 2.45) is 5.92 Å². The number of nitrogens with one attached hydrogen (secondary N) is 3. The molecule has 1 aliphatic rings. The molecule has 0 saturated heterocycles. The van der Waals surface area contributed by atoms with Crippen LogP contribution in [0.15, 0.2) is 42.5 Å². The summed E-state index contributed by atoms with van der Waals surface area (Å²) in [5.74, 6) is -9.91. The standard InChI is InChI=1S/C25H13Cl5F5N3O3/c26-9-3-8(4-10(27)5-9)16-17(25(16,29)30)23(40)36-11-6-12(18(28)14(32)7-11)22(39)37-15-2-1-13(31)20(19(15)33)38-24(41)21(34)35/h1-7,16-17,21H,(H,36,40)(H,37,39)(H,38,41)/t16-,17+/m0/s1. The molecule has 2 atom stereocenters. The molecule has 0 spiro atoms. The molecule has 0 aliphatic heterocycles. The van der Waals surface area contributed by atoms with Crippen LogP contribution in [0.2, 0.25) is 15.1 Å². The van der Waals surface area contributed by atoms with Crippen molar-refractivity contribution in [3.63, 3.8) is 0 Å². The summed E-state index contributed by atoms with van der Waals surface area (Å²) < 4.78 is 66.8. The van der Waals surface area contributed by atoms with Crippen molar-refractivity contribution in [2.75, 3.05) is 16.0 Å². The minimum atomic E-state index is -3.58. The minimum Gasteiger partial charge on any atom is -0.326 e. The zero-order chi connectivity index (χ0) is 30.4. The molecule has 0 radical (unpaired) electrons. The Labute approximate surface area is 253 Å². The smallest absolute Gasteiger partial charge is 0.315 e. The topological polar surface area (TPSA) is 87.3 Å². The van der Waals surface area contributed by atoms with Crippen LogP contribution >= 0.6 is 58.0 Å². The molecule has 41 heavy (non-hydrogen) atoms. The number of alkyl halides is 4. The van der Waals surface area contributed by atoms with Crippen LogP contribution in [-0.4, -0.2) is 28.5 Å². The fourth-order valence-electron chi connectivity index (χ4n) is 4.00. The number of carbonyl (C=O) groups excluding carboxylic acids is 3. The number of benzene rings is 3. The van der Waals surface area contributed by atoms with Crippen molar-refractivity contribution in [3.05, 3.63) is 86.1 Å². The Balaban J connectivity index is 1.56. The molecular weight excluding hydrogens is 663 g/mol. The molecule has 0 heterocycles.